The van der Waals surface area contributed by atoms with Gasteiger partial charge in [-0.3, -0.25) is 4.79 Å². The van der Waals surface area contributed by atoms with E-state index in [4.69, 9.17) is 0 Å². The fourth-order valence-corrected chi connectivity index (χ4v) is 1.66. The van der Waals surface area contributed by atoms with E-state index in [1.165, 1.54) is 54.4 Å². The van der Waals surface area contributed by atoms with Crippen LogP contribution < -0.4 is 4.90 Å². The zero-order chi connectivity index (χ0) is 14.0. The number of amides is 1. The molecule has 0 saturated heterocycles. The molecule has 4 nitrogen and oxygen atoms in total. The van der Waals surface area contributed by atoms with Crippen molar-refractivity contribution in [2.45, 2.75) is 0 Å². The summed E-state index contributed by atoms with van der Waals surface area (Å²) in [5.74, 6) is -1.24. The molecule has 2 N–H and O–H groups in total. The third-order valence-electron chi connectivity index (χ3n) is 2.73. The monoisotopic (exact) mass is 261 g/mol. The SMILES string of the molecule is CN(C(=O)c1cc(O)ccc1O)c1ccc(F)cc1. The number of phenols is 2. The number of phenolic OH excluding ortho intramolecular Hbond substituents is 2. The van der Waals surface area contributed by atoms with Crippen molar-refractivity contribution in [2.24, 2.45) is 0 Å². The molecule has 2 aromatic rings. The van der Waals surface area contributed by atoms with E-state index in [9.17, 15) is 19.4 Å². The van der Waals surface area contributed by atoms with E-state index in [0.29, 0.717) is 5.69 Å². The molecule has 0 unspecified atom stereocenters. The quantitative estimate of drug-likeness (QED) is 0.816. The minimum Gasteiger partial charge on any atom is -0.508 e. The maximum Gasteiger partial charge on any atom is 0.261 e. The highest BCUT2D eigenvalue weighted by Crippen LogP contribution is 2.25. The largest absolute Gasteiger partial charge is 0.508 e. The molecule has 5 heteroatoms. The summed E-state index contributed by atoms with van der Waals surface area (Å²) in [7, 11) is 1.50. The molecule has 0 fully saturated rings. The Balaban J connectivity index is 2.33. The lowest BCUT2D eigenvalue weighted by molar-refractivity contribution is 0.0990. The molecule has 2 aromatic carbocycles. The Morgan fingerprint density at radius 3 is 2.37 bits per heavy atom. The lowest BCUT2D eigenvalue weighted by atomic mass is 10.1. The molecular weight excluding hydrogens is 249 g/mol. The van der Waals surface area contributed by atoms with E-state index in [2.05, 4.69) is 0 Å². The number of carbonyl (C=O) groups excluding carboxylic acids is 1. The molecule has 0 bridgehead atoms. The average Bonchev–Trinajstić information content (AvgIpc) is 2.41. The second-order valence-corrected chi connectivity index (χ2v) is 4.04. The Labute approximate surface area is 109 Å². The number of carbonyl (C=O) groups is 1. The van der Waals surface area contributed by atoms with E-state index >= 15 is 0 Å². The minimum atomic E-state index is -0.500. The maximum atomic E-state index is 12.8. The van der Waals surface area contributed by atoms with Gasteiger partial charge in [0.2, 0.25) is 0 Å². The van der Waals surface area contributed by atoms with Crippen molar-refractivity contribution < 1.29 is 19.4 Å². The van der Waals surface area contributed by atoms with Gasteiger partial charge in [-0.2, -0.15) is 0 Å². The highest BCUT2D eigenvalue weighted by molar-refractivity contribution is 6.07. The molecule has 0 saturated carbocycles. The Bertz CT molecular complexity index is 611. The zero-order valence-electron chi connectivity index (χ0n) is 10.2. The summed E-state index contributed by atoms with van der Waals surface area (Å²) in [6, 6.07) is 9.08. The summed E-state index contributed by atoms with van der Waals surface area (Å²) >= 11 is 0. The summed E-state index contributed by atoms with van der Waals surface area (Å²) in [6.07, 6.45) is 0. The standard InChI is InChI=1S/C14H12FNO3/c1-16(10-4-2-9(15)3-5-10)14(19)12-8-11(17)6-7-13(12)18/h2-8,17-18H,1H3. The van der Waals surface area contributed by atoms with Crippen LogP contribution in [-0.4, -0.2) is 23.2 Å². The second kappa shape index (κ2) is 4.97. The van der Waals surface area contributed by atoms with Gasteiger partial charge in [0.15, 0.2) is 0 Å². The predicted octanol–water partition coefficient (Wildman–Crippen LogP) is 2.51. The van der Waals surface area contributed by atoms with Gasteiger partial charge >= 0.3 is 0 Å². The van der Waals surface area contributed by atoms with Gasteiger partial charge in [0.05, 0.1) is 5.56 Å². The van der Waals surface area contributed by atoms with Gasteiger partial charge < -0.3 is 15.1 Å². The van der Waals surface area contributed by atoms with E-state index < -0.39 is 11.7 Å². The van der Waals surface area contributed by atoms with E-state index in [1.54, 1.807) is 0 Å². The molecule has 0 heterocycles. The third-order valence-corrected chi connectivity index (χ3v) is 2.73. The van der Waals surface area contributed by atoms with Crippen molar-refractivity contribution in [1.82, 2.24) is 0 Å². The lowest BCUT2D eigenvalue weighted by Gasteiger charge is -2.18. The fourth-order valence-electron chi connectivity index (χ4n) is 1.66. The highest BCUT2D eigenvalue weighted by atomic mass is 19.1. The van der Waals surface area contributed by atoms with Crippen LogP contribution in [0.15, 0.2) is 42.5 Å². The molecule has 2 rings (SSSR count). The Morgan fingerprint density at radius 1 is 1.11 bits per heavy atom. The van der Waals surface area contributed by atoms with Crippen LogP contribution >= 0.6 is 0 Å². The van der Waals surface area contributed by atoms with Crippen LogP contribution in [0.5, 0.6) is 11.5 Å². The molecule has 0 aliphatic carbocycles. The van der Waals surface area contributed by atoms with Crippen molar-refractivity contribution in [2.75, 3.05) is 11.9 Å². The number of nitrogens with zero attached hydrogens (tertiary/aromatic N) is 1. The molecule has 0 radical (unpaired) electrons. The average molecular weight is 261 g/mol. The van der Waals surface area contributed by atoms with Crippen molar-refractivity contribution in [3.05, 3.63) is 53.8 Å². The summed E-state index contributed by atoms with van der Waals surface area (Å²) in [4.78, 5) is 13.4. The molecule has 1 amide bonds. The minimum absolute atomic E-state index is 0.0215. The first-order valence-corrected chi connectivity index (χ1v) is 5.54. The molecule has 0 aliphatic rings. The topological polar surface area (TPSA) is 60.8 Å². The van der Waals surface area contributed by atoms with Crippen LogP contribution in [0.2, 0.25) is 0 Å². The number of hydrogen-bond acceptors (Lipinski definition) is 3. The first kappa shape index (κ1) is 12.9. The molecule has 19 heavy (non-hydrogen) atoms. The summed E-state index contributed by atoms with van der Waals surface area (Å²) in [5.41, 5.74) is 0.459. The zero-order valence-corrected chi connectivity index (χ0v) is 10.2. The summed E-state index contributed by atoms with van der Waals surface area (Å²) in [6.45, 7) is 0. The second-order valence-electron chi connectivity index (χ2n) is 4.04. The molecule has 0 aromatic heterocycles. The van der Waals surface area contributed by atoms with Crippen molar-refractivity contribution >= 4 is 11.6 Å². The Morgan fingerprint density at radius 2 is 1.74 bits per heavy atom. The Hall–Kier alpha value is -2.56. The number of aromatic hydroxyl groups is 2. The van der Waals surface area contributed by atoms with Crippen molar-refractivity contribution in [1.29, 1.82) is 0 Å². The first-order chi connectivity index (χ1) is 8.99. The summed E-state index contributed by atoms with van der Waals surface area (Å²) in [5, 5.41) is 19.0. The van der Waals surface area contributed by atoms with E-state index in [-0.39, 0.29) is 17.1 Å². The van der Waals surface area contributed by atoms with Gasteiger partial charge in [0.1, 0.15) is 17.3 Å². The van der Waals surface area contributed by atoms with Crippen molar-refractivity contribution in [3.8, 4) is 11.5 Å². The lowest BCUT2D eigenvalue weighted by Crippen LogP contribution is -2.26. The number of benzene rings is 2. The van der Waals surface area contributed by atoms with Gasteiger partial charge in [-0.15, -0.1) is 0 Å². The van der Waals surface area contributed by atoms with Gasteiger partial charge in [-0.05, 0) is 42.5 Å². The molecule has 98 valence electrons. The van der Waals surface area contributed by atoms with Crippen LogP contribution in [0.4, 0.5) is 10.1 Å². The van der Waals surface area contributed by atoms with Gasteiger partial charge in [-0.25, -0.2) is 4.39 Å². The number of hydrogen-bond donors (Lipinski definition) is 2. The normalized spacial score (nSPS) is 10.2. The molecule has 0 atom stereocenters. The third kappa shape index (κ3) is 2.65. The maximum absolute atomic E-state index is 12.8. The fraction of sp³-hybridized carbons (Fsp3) is 0.0714. The first-order valence-electron chi connectivity index (χ1n) is 5.54. The van der Waals surface area contributed by atoms with Crippen LogP contribution in [0.25, 0.3) is 0 Å². The van der Waals surface area contributed by atoms with Crippen LogP contribution in [0.1, 0.15) is 10.4 Å². The predicted molar refractivity (Wildman–Crippen MR) is 68.9 cm³/mol. The van der Waals surface area contributed by atoms with Crippen LogP contribution in [-0.2, 0) is 0 Å². The Kier molecular flexibility index (Phi) is 3.37. The van der Waals surface area contributed by atoms with E-state index in [1.807, 2.05) is 0 Å². The van der Waals surface area contributed by atoms with E-state index in [0.717, 1.165) is 0 Å². The molecular formula is C14H12FNO3. The summed E-state index contributed by atoms with van der Waals surface area (Å²) < 4.78 is 12.8. The number of halogens is 1. The molecule has 0 spiro atoms. The smallest absolute Gasteiger partial charge is 0.261 e. The number of rotatable bonds is 2. The van der Waals surface area contributed by atoms with Gasteiger partial charge in [0, 0.05) is 12.7 Å². The highest BCUT2D eigenvalue weighted by Gasteiger charge is 2.17. The van der Waals surface area contributed by atoms with Crippen molar-refractivity contribution in [3.63, 3.8) is 0 Å². The van der Waals surface area contributed by atoms with Gasteiger partial charge in [-0.1, -0.05) is 0 Å². The van der Waals surface area contributed by atoms with Crippen LogP contribution in [0.3, 0.4) is 0 Å². The van der Waals surface area contributed by atoms with Crippen LogP contribution in [0, 0.1) is 5.82 Å². The molecule has 0 aliphatic heterocycles. The number of anilines is 1. The van der Waals surface area contributed by atoms with Gasteiger partial charge in [0.25, 0.3) is 5.91 Å².